The quantitative estimate of drug-likeness (QED) is 0.362. The van der Waals surface area contributed by atoms with E-state index in [2.05, 4.69) is 0 Å². The Kier molecular flexibility index (Phi) is 4.33. The van der Waals surface area contributed by atoms with Crippen LogP contribution in [0.25, 0.3) is 0 Å². The minimum atomic E-state index is -0.730. The van der Waals surface area contributed by atoms with Crippen LogP contribution in [0.4, 0.5) is 5.69 Å². The molecule has 0 spiro atoms. The Morgan fingerprint density at radius 3 is 2.33 bits per heavy atom. The van der Waals surface area contributed by atoms with Crippen LogP contribution in [0.2, 0.25) is 5.02 Å². The number of ether oxygens (including phenoxy) is 3. The Hall–Kier alpha value is -2.02. The fraction of sp³-hybridized carbons (Fsp3) is 0.300. The molecule has 0 radical (unpaired) electrons. The monoisotopic (exact) mass is 275 g/mol. The number of halogens is 1. The molecule has 0 aromatic heterocycles. The highest BCUT2D eigenvalue weighted by molar-refractivity contribution is 6.34. The van der Waals surface area contributed by atoms with E-state index >= 15 is 0 Å². The minimum absolute atomic E-state index is 0.0565. The molecule has 98 valence electrons. The van der Waals surface area contributed by atoms with Crippen LogP contribution in [0.5, 0.6) is 17.2 Å². The van der Waals surface area contributed by atoms with Gasteiger partial charge in [-0.1, -0.05) is 11.6 Å². The molecule has 0 aliphatic carbocycles. The molecule has 0 saturated heterocycles. The molecule has 1 rings (SSSR count). The van der Waals surface area contributed by atoms with Crippen molar-refractivity contribution in [3.05, 3.63) is 21.2 Å². The molecular weight excluding hydrogens is 266 g/mol. The molecule has 0 heterocycles. The predicted octanol–water partition coefficient (Wildman–Crippen LogP) is 2.19. The molecule has 0 atom stereocenters. The van der Waals surface area contributed by atoms with E-state index in [-0.39, 0.29) is 22.3 Å². The Morgan fingerprint density at radius 2 is 1.94 bits per heavy atom. The van der Waals surface area contributed by atoms with Gasteiger partial charge in [0.05, 0.1) is 25.2 Å². The molecular formula is C10H10ClNO6. The summed E-state index contributed by atoms with van der Waals surface area (Å²) in [7, 11) is 2.62. The Labute approximate surface area is 107 Å². The maximum atomic E-state index is 10.9. The Balaban J connectivity index is 3.54. The number of nitro groups is 1. The van der Waals surface area contributed by atoms with Crippen molar-refractivity contribution in [2.45, 2.75) is 6.92 Å². The van der Waals surface area contributed by atoms with E-state index in [1.165, 1.54) is 14.2 Å². The highest BCUT2D eigenvalue weighted by Crippen LogP contribution is 2.47. The van der Waals surface area contributed by atoms with Gasteiger partial charge in [0.25, 0.3) is 0 Å². The van der Waals surface area contributed by atoms with Crippen molar-refractivity contribution in [3.63, 3.8) is 0 Å². The SMILES string of the molecule is COc1cc([N+](=O)[O-])c(OC(C)=O)c(Cl)c1OC. The lowest BCUT2D eigenvalue weighted by molar-refractivity contribution is -0.385. The van der Waals surface area contributed by atoms with E-state index in [1.54, 1.807) is 0 Å². The van der Waals surface area contributed by atoms with Crippen LogP contribution in [0.1, 0.15) is 6.92 Å². The Morgan fingerprint density at radius 1 is 1.33 bits per heavy atom. The number of rotatable bonds is 4. The molecule has 0 N–H and O–H groups in total. The van der Waals surface area contributed by atoms with Gasteiger partial charge in [-0.15, -0.1) is 0 Å². The molecule has 8 heteroatoms. The van der Waals surface area contributed by atoms with E-state index in [0.717, 1.165) is 13.0 Å². The number of esters is 1. The van der Waals surface area contributed by atoms with Crippen molar-refractivity contribution < 1.29 is 23.9 Å². The summed E-state index contributed by atoms with van der Waals surface area (Å²) in [5.74, 6) is -0.967. The highest BCUT2D eigenvalue weighted by Gasteiger charge is 2.27. The third kappa shape index (κ3) is 2.62. The van der Waals surface area contributed by atoms with Crippen molar-refractivity contribution in [2.24, 2.45) is 0 Å². The molecule has 0 aliphatic heterocycles. The van der Waals surface area contributed by atoms with Gasteiger partial charge in [-0.25, -0.2) is 0 Å². The first kappa shape index (κ1) is 14.0. The van der Waals surface area contributed by atoms with Crippen molar-refractivity contribution in [1.29, 1.82) is 0 Å². The topological polar surface area (TPSA) is 87.9 Å². The lowest BCUT2D eigenvalue weighted by Crippen LogP contribution is -2.06. The number of benzene rings is 1. The summed E-state index contributed by atoms with van der Waals surface area (Å²) >= 11 is 5.90. The number of hydrogen-bond acceptors (Lipinski definition) is 6. The van der Waals surface area contributed by atoms with Crippen LogP contribution in [0.3, 0.4) is 0 Å². The smallest absolute Gasteiger partial charge is 0.317 e. The lowest BCUT2D eigenvalue weighted by Gasteiger charge is -2.12. The van der Waals surface area contributed by atoms with Gasteiger partial charge in [-0.05, 0) is 0 Å². The summed E-state index contributed by atoms with van der Waals surface area (Å²) in [5, 5.41) is 10.7. The first-order chi connectivity index (χ1) is 8.42. The predicted molar refractivity (Wildman–Crippen MR) is 62.5 cm³/mol. The zero-order chi connectivity index (χ0) is 13.9. The second kappa shape index (κ2) is 5.54. The summed E-state index contributed by atoms with van der Waals surface area (Å²) in [4.78, 5) is 21.1. The van der Waals surface area contributed by atoms with Gasteiger partial charge < -0.3 is 14.2 Å². The van der Waals surface area contributed by atoms with E-state index in [0.29, 0.717) is 0 Å². The standard InChI is InChI=1S/C10H10ClNO6/c1-5(13)18-9-6(12(14)15)4-7(16-2)10(17-3)8(9)11/h4H,1-3H3. The van der Waals surface area contributed by atoms with E-state index in [9.17, 15) is 14.9 Å². The highest BCUT2D eigenvalue weighted by atomic mass is 35.5. The molecule has 7 nitrogen and oxygen atoms in total. The van der Waals surface area contributed by atoms with Crippen molar-refractivity contribution in [1.82, 2.24) is 0 Å². The molecule has 0 amide bonds. The molecule has 1 aromatic carbocycles. The fourth-order valence-corrected chi connectivity index (χ4v) is 1.60. The molecule has 0 aliphatic rings. The van der Waals surface area contributed by atoms with E-state index in [4.69, 9.17) is 25.8 Å². The van der Waals surface area contributed by atoms with Gasteiger partial charge in [-0.3, -0.25) is 14.9 Å². The summed E-state index contributed by atoms with van der Waals surface area (Å²) < 4.78 is 14.6. The van der Waals surface area contributed by atoms with Crippen LogP contribution < -0.4 is 14.2 Å². The summed E-state index contributed by atoms with van der Waals surface area (Å²) in [6.07, 6.45) is 0. The van der Waals surface area contributed by atoms with E-state index < -0.39 is 16.6 Å². The number of carbonyl (C=O) groups is 1. The first-order valence-corrected chi connectivity index (χ1v) is 5.07. The summed E-state index contributed by atoms with van der Waals surface area (Å²) in [5.41, 5.74) is -0.479. The molecule has 0 fully saturated rings. The zero-order valence-electron chi connectivity index (χ0n) is 9.85. The second-order valence-corrected chi connectivity index (χ2v) is 3.50. The average molecular weight is 276 g/mol. The third-order valence-electron chi connectivity index (χ3n) is 1.99. The van der Waals surface area contributed by atoms with Crippen LogP contribution in [-0.4, -0.2) is 25.1 Å². The number of carbonyl (C=O) groups excluding carboxylic acids is 1. The zero-order valence-corrected chi connectivity index (χ0v) is 10.6. The van der Waals surface area contributed by atoms with Crippen LogP contribution in [0.15, 0.2) is 6.07 Å². The number of nitrogens with zero attached hydrogens (tertiary/aromatic N) is 1. The first-order valence-electron chi connectivity index (χ1n) is 4.69. The number of hydrogen-bond donors (Lipinski definition) is 0. The second-order valence-electron chi connectivity index (χ2n) is 3.13. The summed E-state index contributed by atoms with van der Waals surface area (Å²) in [6, 6.07) is 1.07. The molecule has 0 saturated carbocycles. The molecule has 0 bridgehead atoms. The van der Waals surface area contributed by atoms with Crippen LogP contribution in [0, 0.1) is 10.1 Å². The van der Waals surface area contributed by atoms with Gasteiger partial charge in [0.2, 0.25) is 5.75 Å². The third-order valence-corrected chi connectivity index (χ3v) is 2.33. The fourth-order valence-electron chi connectivity index (χ4n) is 1.30. The van der Waals surface area contributed by atoms with Gasteiger partial charge in [0, 0.05) is 6.92 Å². The number of methoxy groups -OCH3 is 2. The molecule has 0 unspecified atom stereocenters. The molecule has 18 heavy (non-hydrogen) atoms. The van der Waals surface area contributed by atoms with Crippen LogP contribution >= 0.6 is 11.6 Å². The van der Waals surface area contributed by atoms with Gasteiger partial charge in [0.1, 0.15) is 5.02 Å². The maximum absolute atomic E-state index is 10.9. The lowest BCUT2D eigenvalue weighted by atomic mass is 10.2. The minimum Gasteiger partial charge on any atom is -0.493 e. The van der Waals surface area contributed by atoms with Crippen molar-refractivity contribution >= 4 is 23.3 Å². The van der Waals surface area contributed by atoms with Gasteiger partial charge >= 0.3 is 11.7 Å². The van der Waals surface area contributed by atoms with Crippen molar-refractivity contribution in [3.8, 4) is 17.2 Å². The van der Waals surface area contributed by atoms with Crippen molar-refractivity contribution in [2.75, 3.05) is 14.2 Å². The largest absolute Gasteiger partial charge is 0.493 e. The summed E-state index contributed by atoms with van der Waals surface area (Å²) in [6.45, 7) is 1.11. The average Bonchev–Trinajstić information content (AvgIpc) is 2.30. The number of nitro benzene ring substituents is 1. The molecule has 1 aromatic rings. The van der Waals surface area contributed by atoms with Crippen LogP contribution in [-0.2, 0) is 4.79 Å². The van der Waals surface area contributed by atoms with Gasteiger partial charge in [-0.2, -0.15) is 0 Å². The van der Waals surface area contributed by atoms with E-state index in [1.807, 2.05) is 0 Å². The normalized spacial score (nSPS) is 9.78. The van der Waals surface area contributed by atoms with Gasteiger partial charge in [0.15, 0.2) is 11.5 Å². The Bertz CT molecular complexity index is 502. The maximum Gasteiger partial charge on any atom is 0.317 e.